The lowest BCUT2D eigenvalue weighted by molar-refractivity contribution is 0.0535. The summed E-state index contributed by atoms with van der Waals surface area (Å²) in [6.45, 7) is 4.85. The van der Waals surface area contributed by atoms with Gasteiger partial charge in [-0.25, -0.2) is 4.39 Å². The molecule has 1 aromatic carbocycles. The highest BCUT2D eigenvalue weighted by Gasteiger charge is 2.25. The van der Waals surface area contributed by atoms with Crippen LogP contribution >= 0.6 is 0 Å². The van der Waals surface area contributed by atoms with Gasteiger partial charge in [-0.15, -0.1) is 0 Å². The quantitative estimate of drug-likeness (QED) is 0.730. The van der Waals surface area contributed by atoms with Gasteiger partial charge in [0, 0.05) is 12.1 Å². The Hall–Kier alpha value is -0.930. The predicted octanol–water partition coefficient (Wildman–Crippen LogP) is 2.03. The van der Waals surface area contributed by atoms with Crippen LogP contribution < -0.4 is 5.32 Å². The van der Waals surface area contributed by atoms with Gasteiger partial charge in [-0.3, -0.25) is 0 Å². The van der Waals surface area contributed by atoms with Crippen molar-refractivity contribution in [1.82, 2.24) is 5.32 Å². The number of nitrogens with one attached hydrogen (secondary N) is 1. The van der Waals surface area contributed by atoms with Gasteiger partial charge in [0.1, 0.15) is 11.4 Å². The van der Waals surface area contributed by atoms with Crippen molar-refractivity contribution in [2.75, 3.05) is 13.1 Å². The highest BCUT2D eigenvalue weighted by Crippen LogP contribution is 2.22. The molecule has 0 heterocycles. The molecule has 2 N–H and O–H groups in total. The summed E-state index contributed by atoms with van der Waals surface area (Å²) in [4.78, 5) is 0. The maximum atomic E-state index is 13.4. The van der Waals surface area contributed by atoms with Crippen molar-refractivity contribution in [3.8, 4) is 0 Å². The van der Waals surface area contributed by atoms with Gasteiger partial charge in [0.05, 0.1) is 0 Å². The van der Waals surface area contributed by atoms with E-state index in [-0.39, 0.29) is 5.82 Å². The molecule has 0 fully saturated rings. The minimum atomic E-state index is -1.15. The smallest absolute Gasteiger partial charge is 0.129 e. The molecule has 3 heteroatoms. The minimum absolute atomic E-state index is 0.341. The van der Waals surface area contributed by atoms with Crippen LogP contribution in [0.25, 0.3) is 0 Å². The van der Waals surface area contributed by atoms with E-state index in [1.165, 1.54) is 6.07 Å². The third-order valence-corrected chi connectivity index (χ3v) is 2.35. The average molecular weight is 211 g/mol. The van der Waals surface area contributed by atoms with E-state index in [1.54, 1.807) is 25.1 Å². The molecule has 1 rings (SSSR count). The lowest BCUT2D eigenvalue weighted by Crippen LogP contribution is -2.36. The molecule has 0 saturated heterocycles. The monoisotopic (exact) mass is 211 g/mol. The van der Waals surface area contributed by atoms with Crippen LogP contribution in [0.2, 0.25) is 0 Å². The number of halogens is 1. The van der Waals surface area contributed by atoms with E-state index in [2.05, 4.69) is 5.32 Å². The van der Waals surface area contributed by atoms with Gasteiger partial charge in [0.15, 0.2) is 0 Å². The zero-order valence-corrected chi connectivity index (χ0v) is 9.26. The van der Waals surface area contributed by atoms with E-state index in [0.717, 1.165) is 13.0 Å². The van der Waals surface area contributed by atoms with Crippen molar-refractivity contribution < 1.29 is 9.50 Å². The number of benzene rings is 1. The molecule has 0 radical (unpaired) electrons. The molecule has 0 aliphatic rings. The summed E-state index contributed by atoms with van der Waals surface area (Å²) < 4.78 is 13.4. The minimum Gasteiger partial charge on any atom is -0.384 e. The summed E-state index contributed by atoms with van der Waals surface area (Å²) in [7, 11) is 0. The summed E-state index contributed by atoms with van der Waals surface area (Å²) in [5.74, 6) is -0.360. The molecule has 0 bridgehead atoms. The average Bonchev–Trinajstić information content (AvgIpc) is 2.18. The zero-order chi connectivity index (χ0) is 11.3. The highest BCUT2D eigenvalue weighted by molar-refractivity contribution is 5.23. The topological polar surface area (TPSA) is 32.3 Å². The van der Waals surface area contributed by atoms with Crippen molar-refractivity contribution in [2.24, 2.45) is 0 Å². The van der Waals surface area contributed by atoms with Gasteiger partial charge >= 0.3 is 0 Å². The summed E-state index contributed by atoms with van der Waals surface area (Å²) in [6.07, 6.45) is 0.993. The van der Waals surface area contributed by atoms with Crippen molar-refractivity contribution in [2.45, 2.75) is 25.9 Å². The molecule has 84 valence electrons. The molecule has 15 heavy (non-hydrogen) atoms. The van der Waals surface area contributed by atoms with E-state index in [4.69, 9.17) is 0 Å². The molecular weight excluding hydrogens is 193 g/mol. The lowest BCUT2D eigenvalue weighted by atomic mass is 9.95. The van der Waals surface area contributed by atoms with Crippen LogP contribution in [0.1, 0.15) is 25.8 Å². The first-order valence-electron chi connectivity index (χ1n) is 5.26. The van der Waals surface area contributed by atoms with Gasteiger partial charge in [-0.05, 0) is 26.0 Å². The second kappa shape index (κ2) is 5.24. The van der Waals surface area contributed by atoms with E-state index >= 15 is 0 Å². The Morgan fingerprint density at radius 1 is 1.40 bits per heavy atom. The Morgan fingerprint density at radius 3 is 2.67 bits per heavy atom. The molecule has 0 saturated carbocycles. The molecular formula is C12H18FNO. The van der Waals surface area contributed by atoms with Gasteiger partial charge in [-0.2, -0.15) is 0 Å². The summed E-state index contributed by atoms with van der Waals surface area (Å²) in [5, 5.41) is 13.2. The zero-order valence-electron chi connectivity index (χ0n) is 9.26. The first-order valence-corrected chi connectivity index (χ1v) is 5.26. The molecule has 1 unspecified atom stereocenters. The standard InChI is InChI=1S/C12H18FNO/c1-3-8-14-9-12(2,15)10-6-4-5-7-11(10)13/h4-7,14-15H,3,8-9H2,1-2H3. The van der Waals surface area contributed by atoms with E-state index in [0.29, 0.717) is 12.1 Å². The third-order valence-electron chi connectivity index (χ3n) is 2.35. The molecule has 2 nitrogen and oxygen atoms in total. The lowest BCUT2D eigenvalue weighted by Gasteiger charge is -2.24. The molecule has 1 atom stereocenters. The van der Waals surface area contributed by atoms with Gasteiger partial charge in [0.2, 0.25) is 0 Å². The fourth-order valence-electron chi connectivity index (χ4n) is 1.50. The highest BCUT2D eigenvalue weighted by atomic mass is 19.1. The van der Waals surface area contributed by atoms with Gasteiger partial charge in [0.25, 0.3) is 0 Å². The Morgan fingerprint density at radius 2 is 2.07 bits per heavy atom. The van der Waals surface area contributed by atoms with Crippen LogP contribution in [-0.2, 0) is 5.60 Å². The first kappa shape index (κ1) is 12.1. The van der Waals surface area contributed by atoms with Crippen molar-refractivity contribution in [3.63, 3.8) is 0 Å². The number of rotatable bonds is 5. The number of aliphatic hydroxyl groups is 1. The van der Waals surface area contributed by atoms with Crippen molar-refractivity contribution in [1.29, 1.82) is 0 Å². The van der Waals surface area contributed by atoms with Crippen molar-refractivity contribution in [3.05, 3.63) is 35.6 Å². The van der Waals surface area contributed by atoms with E-state index < -0.39 is 5.60 Å². The summed E-state index contributed by atoms with van der Waals surface area (Å²) in [6, 6.07) is 6.33. The first-order chi connectivity index (χ1) is 7.08. The fourth-order valence-corrected chi connectivity index (χ4v) is 1.50. The van der Waals surface area contributed by atoms with E-state index in [1.807, 2.05) is 6.92 Å². The largest absolute Gasteiger partial charge is 0.384 e. The van der Waals surface area contributed by atoms with E-state index in [9.17, 15) is 9.50 Å². The number of hydrogen-bond donors (Lipinski definition) is 2. The van der Waals surface area contributed by atoms with Crippen LogP contribution in [0, 0.1) is 5.82 Å². The Bertz CT molecular complexity index is 312. The predicted molar refractivity (Wildman–Crippen MR) is 59.1 cm³/mol. The Labute approximate surface area is 90.1 Å². The number of hydrogen-bond acceptors (Lipinski definition) is 2. The van der Waals surface area contributed by atoms with Crippen LogP contribution in [0.5, 0.6) is 0 Å². The Kier molecular flexibility index (Phi) is 4.24. The maximum absolute atomic E-state index is 13.4. The normalized spacial score (nSPS) is 14.9. The van der Waals surface area contributed by atoms with Crippen molar-refractivity contribution >= 4 is 0 Å². The van der Waals surface area contributed by atoms with Crippen LogP contribution in [0.3, 0.4) is 0 Å². The second-order valence-corrected chi connectivity index (χ2v) is 3.93. The molecule has 1 aromatic rings. The third kappa shape index (κ3) is 3.29. The molecule has 0 aliphatic heterocycles. The summed E-state index contributed by atoms with van der Waals surface area (Å²) in [5.41, 5.74) is -0.811. The molecule has 0 aromatic heterocycles. The second-order valence-electron chi connectivity index (χ2n) is 3.93. The Balaban J connectivity index is 2.72. The fraction of sp³-hybridized carbons (Fsp3) is 0.500. The maximum Gasteiger partial charge on any atom is 0.129 e. The molecule has 0 spiro atoms. The van der Waals surface area contributed by atoms with Gasteiger partial charge in [-0.1, -0.05) is 25.1 Å². The SMILES string of the molecule is CCCNCC(C)(O)c1ccccc1F. The van der Waals surface area contributed by atoms with Crippen LogP contribution in [-0.4, -0.2) is 18.2 Å². The van der Waals surface area contributed by atoms with Crippen LogP contribution in [0.4, 0.5) is 4.39 Å². The molecule has 0 amide bonds. The van der Waals surface area contributed by atoms with Gasteiger partial charge < -0.3 is 10.4 Å². The van der Waals surface area contributed by atoms with Crippen LogP contribution in [0.15, 0.2) is 24.3 Å². The molecule has 0 aliphatic carbocycles. The summed E-state index contributed by atoms with van der Waals surface area (Å²) >= 11 is 0.